The third-order valence-electron chi connectivity index (χ3n) is 2.86. The second-order valence-corrected chi connectivity index (χ2v) is 5.62. The SMILES string of the molecule is CC(C)Nc1nc(NC(C)C)nc(N2CCNCC2)n1. The summed E-state index contributed by atoms with van der Waals surface area (Å²) in [6, 6.07) is 0.584. The molecule has 0 spiro atoms. The number of nitrogens with zero attached hydrogens (tertiary/aromatic N) is 4. The van der Waals surface area contributed by atoms with Crippen molar-refractivity contribution in [3.63, 3.8) is 0 Å². The van der Waals surface area contributed by atoms with E-state index in [-0.39, 0.29) is 0 Å². The fraction of sp³-hybridized carbons (Fsp3) is 0.769. The smallest absolute Gasteiger partial charge is 0.232 e. The van der Waals surface area contributed by atoms with E-state index in [9.17, 15) is 0 Å². The van der Waals surface area contributed by atoms with E-state index in [0.717, 1.165) is 32.1 Å². The lowest BCUT2D eigenvalue weighted by atomic mass is 10.4. The van der Waals surface area contributed by atoms with Crippen molar-refractivity contribution in [3.05, 3.63) is 0 Å². The molecule has 0 aromatic carbocycles. The molecule has 3 N–H and O–H groups in total. The molecule has 1 fully saturated rings. The second kappa shape index (κ2) is 6.69. The van der Waals surface area contributed by atoms with Crippen LogP contribution in [-0.4, -0.2) is 53.2 Å². The van der Waals surface area contributed by atoms with Crippen LogP contribution in [-0.2, 0) is 0 Å². The summed E-state index contributed by atoms with van der Waals surface area (Å²) < 4.78 is 0. The highest BCUT2D eigenvalue weighted by molar-refractivity contribution is 5.44. The molecule has 1 aliphatic heterocycles. The van der Waals surface area contributed by atoms with Crippen molar-refractivity contribution >= 4 is 17.8 Å². The first-order valence-corrected chi connectivity index (χ1v) is 7.29. The van der Waals surface area contributed by atoms with Crippen molar-refractivity contribution in [3.8, 4) is 0 Å². The molecule has 112 valence electrons. The first-order chi connectivity index (χ1) is 9.54. The van der Waals surface area contributed by atoms with Crippen molar-refractivity contribution < 1.29 is 0 Å². The summed E-state index contributed by atoms with van der Waals surface area (Å²) in [6.45, 7) is 12.1. The molecule has 20 heavy (non-hydrogen) atoms. The summed E-state index contributed by atoms with van der Waals surface area (Å²) in [7, 11) is 0. The van der Waals surface area contributed by atoms with Crippen molar-refractivity contribution in [2.75, 3.05) is 41.7 Å². The summed E-state index contributed by atoms with van der Waals surface area (Å²) in [5, 5.41) is 9.84. The molecule has 0 atom stereocenters. The van der Waals surface area contributed by atoms with Gasteiger partial charge in [0.25, 0.3) is 0 Å². The van der Waals surface area contributed by atoms with E-state index in [1.807, 2.05) is 0 Å². The van der Waals surface area contributed by atoms with Crippen LogP contribution in [0.5, 0.6) is 0 Å². The maximum atomic E-state index is 4.53. The molecule has 0 radical (unpaired) electrons. The molecule has 2 heterocycles. The highest BCUT2D eigenvalue weighted by atomic mass is 15.3. The van der Waals surface area contributed by atoms with Crippen LogP contribution in [0.4, 0.5) is 17.8 Å². The fourth-order valence-corrected chi connectivity index (χ4v) is 2.02. The number of rotatable bonds is 5. The Morgan fingerprint density at radius 2 is 1.40 bits per heavy atom. The van der Waals surface area contributed by atoms with E-state index in [2.05, 4.69) is 63.5 Å². The van der Waals surface area contributed by atoms with Crippen LogP contribution in [0.25, 0.3) is 0 Å². The molecule has 7 heteroatoms. The maximum Gasteiger partial charge on any atom is 0.232 e. The Morgan fingerprint density at radius 3 is 1.85 bits per heavy atom. The van der Waals surface area contributed by atoms with Crippen LogP contribution in [0.3, 0.4) is 0 Å². The zero-order valence-electron chi connectivity index (χ0n) is 12.8. The molecule has 0 bridgehead atoms. The molecule has 1 saturated heterocycles. The Hall–Kier alpha value is -1.63. The lowest BCUT2D eigenvalue weighted by molar-refractivity contribution is 0.579. The minimum atomic E-state index is 0.292. The fourth-order valence-electron chi connectivity index (χ4n) is 2.02. The largest absolute Gasteiger partial charge is 0.352 e. The van der Waals surface area contributed by atoms with Crippen LogP contribution < -0.4 is 20.9 Å². The Labute approximate surface area is 120 Å². The summed E-state index contributed by atoms with van der Waals surface area (Å²) in [5.74, 6) is 2.01. The summed E-state index contributed by atoms with van der Waals surface area (Å²) in [6.07, 6.45) is 0. The van der Waals surface area contributed by atoms with Gasteiger partial charge in [-0.2, -0.15) is 15.0 Å². The number of piperazine rings is 1. The van der Waals surface area contributed by atoms with Gasteiger partial charge in [-0.05, 0) is 27.7 Å². The lowest BCUT2D eigenvalue weighted by Gasteiger charge is -2.28. The Kier molecular flexibility index (Phi) is 4.94. The second-order valence-electron chi connectivity index (χ2n) is 5.62. The standard InChI is InChI=1S/C13H25N7/c1-9(2)15-11-17-12(16-10(3)4)19-13(18-11)20-7-5-14-6-8-20/h9-10,14H,5-8H2,1-4H3,(H2,15,16,17,18,19). The third-order valence-corrected chi connectivity index (χ3v) is 2.86. The molecule has 0 amide bonds. The van der Waals surface area contributed by atoms with E-state index in [1.54, 1.807) is 0 Å². The van der Waals surface area contributed by atoms with Crippen molar-refractivity contribution in [2.45, 2.75) is 39.8 Å². The summed E-state index contributed by atoms with van der Waals surface area (Å²) in [4.78, 5) is 15.7. The van der Waals surface area contributed by atoms with Gasteiger partial charge in [-0.15, -0.1) is 0 Å². The van der Waals surface area contributed by atoms with E-state index in [1.165, 1.54) is 0 Å². The topological polar surface area (TPSA) is 78.0 Å². The van der Waals surface area contributed by atoms with Crippen LogP contribution in [0, 0.1) is 0 Å². The first kappa shape index (κ1) is 14.8. The first-order valence-electron chi connectivity index (χ1n) is 7.29. The normalized spacial score (nSPS) is 15.8. The average Bonchev–Trinajstić information content (AvgIpc) is 2.38. The molecule has 1 aromatic heterocycles. The van der Waals surface area contributed by atoms with E-state index in [0.29, 0.717) is 24.0 Å². The zero-order valence-corrected chi connectivity index (χ0v) is 12.8. The van der Waals surface area contributed by atoms with Gasteiger partial charge in [0, 0.05) is 38.3 Å². The van der Waals surface area contributed by atoms with Gasteiger partial charge in [-0.25, -0.2) is 0 Å². The molecular weight excluding hydrogens is 254 g/mol. The third kappa shape index (κ3) is 4.19. The van der Waals surface area contributed by atoms with Crippen LogP contribution >= 0.6 is 0 Å². The maximum absolute atomic E-state index is 4.53. The van der Waals surface area contributed by atoms with Gasteiger partial charge in [0.2, 0.25) is 17.8 Å². The van der Waals surface area contributed by atoms with Gasteiger partial charge in [-0.3, -0.25) is 0 Å². The monoisotopic (exact) mass is 279 g/mol. The van der Waals surface area contributed by atoms with E-state index < -0.39 is 0 Å². The lowest BCUT2D eigenvalue weighted by Crippen LogP contribution is -2.44. The summed E-state index contributed by atoms with van der Waals surface area (Å²) >= 11 is 0. The predicted octanol–water partition coefficient (Wildman–Crippen LogP) is 0.922. The van der Waals surface area contributed by atoms with Crippen LogP contribution in [0.2, 0.25) is 0 Å². The van der Waals surface area contributed by atoms with Crippen molar-refractivity contribution in [2.24, 2.45) is 0 Å². The molecule has 0 saturated carbocycles. The molecular formula is C13H25N7. The van der Waals surface area contributed by atoms with E-state index >= 15 is 0 Å². The van der Waals surface area contributed by atoms with Crippen LogP contribution in [0.15, 0.2) is 0 Å². The quantitative estimate of drug-likeness (QED) is 0.740. The highest BCUT2D eigenvalue weighted by Crippen LogP contribution is 2.15. The molecule has 1 aliphatic rings. The Bertz CT molecular complexity index is 398. The average molecular weight is 279 g/mol. The van der Waals surface area contributed by atoms with Crippen molar-refractivity contribution in [1.82, 2.24) is 20.3 Å². The number of anilines is 3. The van der Waals surface area contributed by atoms with Crippen molar-refractivity contribution in [1.29, 1.82) is 0 Å². The minimum Gasteiger partial charge on any atom is -0.352 e. The Balaban J connectivity index is 2.23. The Morgan fingerprint density at radius 1 is 0.900 bits per heavy atom. The van der Waals surface area contributed by atoms with Gasteiger partial charge in [-0.1, -0.05) is 0 Å². The molecule has 0 aliphatic carbocycles. The number of hydrogen-bond donors (Lipinski definition) is 3. The van der Waals surface area contributed by atoms with Gasteiger partial charge in [0.15, 0.2) is 0 Å². The predicted molar refractivity (Wildman–Crippen MR) is 82.4 cm³/mol. The van der Waals surface area contributed by atoms with Gasteiger partial charge < -0.3 is 20.9 Å². The zero-order chi connectivity index (χ0) is 14.5. The van der Waals surface area contributed by atoms with Gasteiger partial charge >= 0.3 is 0 Å². The molecule has 1 aromatic rings. The number of hydrogen-bond acceptors (Lipinski definition) is 7. The molecule has 0 unspecified atom stereocenters. The number of nitrogens with one attached hydrogen (secondary N) is 3. The number of aromatic nitrogens is 3. The van der Waals surface area contributed by atoms with Gasteiger partial charge in [0.1, 0.15) is 0 Å². The van der Waals surface area contributed by atoms with Crippen LogP contribution in [0.1, 0.15) is 27.7 Å². The van der Waals surface area contributed by atoms with E-state index in [4.69, 9.17) is 0 Å². The summed E-state index contributed by atoms with van der Waals surface area (Å²) in [5.41, 5.74) is 0. The molecule has 7 nitrogen and oxygen atoms in total. The van der Waals surface area contributed by atoms with Gasteiger partial charge in [0.05, 0.1) is 0 Å². The highest BCUT2D eigenvalue weighted by Gasteiger charge is 2.16. The minimum absolute atomic E-state index is 0.292. The molecule has 2 rings (SSSR count).